The molecular formula is C28H32N4O3. The number of para-hydroxylation sites is 1. The summed E-state index contributed by atoms with van der Waals surface area (Å²) in [6.45, 7) is 1.28. The molecule has 1 saturated carbocycles. The Morgan fingerprint density at radius 2 is 1.60 bits per heavy atom. The van der Waals surface area contributed by atoms with Crippen molar-refractivity contribution in [1.29, 1.82) is 0 Å². The molecule has 2 aliphatic rings. The maximum Gasteiger partial charge on any atom is 0.261 e. The summed E-state index contributed by atoms with van der Waals surface area (Å²) < 4.78 is 1.81. The van der Waals surface area contributed by atoms with Crippen LogP contribution < -0.4 is 10.9 Å². The third-order valence-corrected chi connectivity index (χ3v) is 7.05. The average molecular weight is 473 g/mol. The second-order valence-electron chi connectivity index (χ2n) is 9.66. The van der Waals surface area contributed by atoms with Crippen molar-refractivity contribution in [2.24, 2.45) is 0 Å². The molecule has 0 atom stereocenters. The van der Waals surface area contributed by atoms with Gasteiger partial charge in [0.05, 0.1) is 10.9 Å². The number of likely N-dealkylation sites (tertiary alicyclic amines) is 1. The number of hydrogen-bond donors (Lipinski definition) is 1. The molecule has 5 rings (SSSR count). The number of amides is 2. The molecule has 3 aromatic rings. The number of aryl methyl sites for hydroxylation is 2. The van der Waals surface area contributed by atoms with Gasteiger partial charge in [0.2, 0.25) is 11.8 Å². The van der Waals surface area contributed by atoms with E-state index < -0.39 is 0 Å². The summed E-state index contributed by atoms with van der Waals surface area (Å²) in [7, 11) is 0. The van der Waals surface area contributed by atoms with Gasteiger partial charge in [0.15, 0.2) is 0 Å². The zero-order valence-electron chi connectivity index (χ0n) is 20.0. The summed E-state index contributed by atoms with van der Waals surface area (Å²) in [5.74, 6) is 0.868. The van der Waals surface area contributed by atoms with Gasteiger partial charge < -0.3 is 10.2 Å². The molecule has 182 valence electrons. The fourth-order valence-corrected chi connectivity index (χ4v) is 4.93. The lowest BCUT2D eigenvalue weighted by Crippen LogP contribution is -2.46. The fraction of sp³-hybridized carbons (Fsp3) is 0.429. The molecule has 0 unspecified atom stereocenters. The molecule has 2 fully saturated rings. The predicted molar refractivity (Wildman–Crippen MR) is 135 cm³/mol. The van der Waals surface area contributed by atoms with E-state index in [0.717, 1.165) is 37.7 Å². The van der Waals surface area contributed by atoms with E-state index in [4.69, 9.17) is 4.98 Å². The Labute approximate surface area is 205 Å². The van der Waals surface area contributed by atoms with Crippen LogP contribution in [0.5, 0.6) is 0 Å². The van der Waals surface area contributed by atoms with E-state index in [2.05, 4.69) is 5.32 Å². The van der Waals surface area contributed by atoms with Gasteiger partial charge in [0.25, 0.3) is 5.56 Å². The summed E-state index contributed by atoms with van der Waals surface area (Å²) in [6.07, 6.45) is 5.53. The van der Waals surface area contributed by atoms with Crippen molar-refractivity contribution in [3.8, 4) is 0 Å². The largest absolute Gasteiger partial charge is 0.353 e. The van der Waals surface area contributed by atoms with Crippen LogP contribution in [-0.4, -0.2) is 45.4 Å². The number of nitrogens with one attached hydrogen (secondary N) is 1. The summed E-state index contributed by atoms with van der Waals surface area (Å²) in [4.78, 5) is 44.9. The minimum absolute atomic E-state index is 0.00405. The van der Waals surface area contributed by atoms with Crippen LogP contribution in [0.4, 0.5) is 0 Å². The zero-order chi connectivity index (χ0) is 24.2. The lowest BCUT2D eigenvalue weighted by molar-refractivity contribution is -0.132. The molecule has 7 nitrogen and oxygen atoms in total. The van der Waals surface area contributed by atoms with Crippen molar-refractivity contribution in [3.63, 3.8) is 0 Å². The fourth-order valence-electron chi connectivity index (χ4n) is 4.93. The van der Waals surface area contributed by atoms with Crippen LogP contribution in [0.15, 0.2) is 59.4 Å². The van der Waals surface area contributed by atoms with E-state index in [-0.39, 0.29) is 29.5 Å². The van der Waals surface area contributed by atoms with Gasteiger partial charge in [-0.2, -0.15) is 0 Å². The number of carbonyl (C=O) groups excluding carboxylic acids is 2. The first kappa shape index (κ1) is 23.3. The lowest BCUT2D eigenvalue weighted by Gasteiger charge is -2.32. The third kappa shape index (κ3) is 5.61. The minimum atomic E-state index is 0.00405. The van der Waals surface area contributed by atoms with Crippen molar-refractivity contribution in [2.45, 2.75) is 63.5 Å². The van der Waals surface area contributed by atoms with E-state index in [0.29, 0.717) is 49.1 Å². The van der Waals surface area contributed by atoms with E-state index in [1.165, 1.54) is 0 Å². The van der Waals surface area contributed by atoms with Crippen LogP contribution in [0.3, 0.4) is 0 Å². The molecule has 2 aromatic carbocycles. The molecule has 2 heterocycles. The molecular weight excluding hydrogens is 440 g/mol. The average Bonchev–Trinajstić information content (AvgIpc) is 3.72. The van der Waals surface area contributed by atoms with Crippen molar-refractivity contribution in [1.82, 2.24) is 19.8 Å². The SMILES string of the molecule is O=C(CCc1ccccc1)NC1CCN(C(=O)CCc2nc3ccccc3c(=O)n2C2CC2)CC1. The van der Waals surface area contributed by atoms with E-state index in [1.807, 2.05) is 64.1 Å². The molecule has 1 aliphatic heterocycles. The first-order valence-corrected chi connectivity index (χ1v) is 12.7. The van der Waals surface area contributed by atoms with Gasteiger partial charge in [0, 0.05) is 44.4 Å². The Balaban J connectivity index is 1.12. The van der Waals surface area contributed by atoms with Gasteiger partial charge in [-0.3, -0.25) is 19.0 Å². The van der Waals surface area contributed by atoms with Crippen molar-refractivity contribution in [3.05, 3.63) is 76.3 Å². The van der Waals surface area contributed by atoms with Gasteiger partial charge in [-0.15, -0.1) is 0 Å². The molecule has 7 heteroatoms. The van der Waals surface area contributed by atoms with Gasteiger partial charge in [-0.05, 0) is 49.8 Å². The van der Waals surface area contributed by atoms with Gasteiger partial charge >= 0.3 is 0 Å². The number of hydrogen-bond acceptors (Lipinski definition) is 4. The van der Waals surface area contributed by atoms with Gasteiger partial charge in [-0.25, -0.2) is 4.98 Å². The highest BCUT2D eigenvalue weighted by atomic mass is 16.2. The summed E-state index contributed by atoms with van der Waals surface area (Å²) in [6, 6.07) is 17.8. The van der Waals surface area contributed by atoms with Crippen molar-refractivity contribution >= 4 is 22.7 Å². The number of benzene rings is 2. The summed E-state index contributed by atoms with van der Waals surface area (Å²) in [5, 5.41) is 3.77. The quantitative estimate of drug-likeness (QED) is 0.545. The van der Waals surface area contributed by atoms with Crippen LogP contribution in [0, 0.1) is 0 Å². The second kappa shape index (κ2) is 10.4. The molecule has 0 radical (unpaired) electrons. The van der Waals surface area contributed by atoms with Crippen LogP contribution in [0.25, 0.3) is 10.9 Å². The minimum Gasteiger partial charge on any atom is -0.353 e. The molecule has 1 aromatic heterocycles. The third-order valence-electron chi connectivity index (χ3n) is 7.05. The number of aromatic nitrogens is 2. The molecule has 0 spiro atoms. The van der Waals surface area contributed by atoms with E-state index in [1.54, 1.807) is 0 Å². The van der Waals surface area contributed by atoms with Crippen LogP contribution in [0.1, 0.15) is 56.0 Å². The van der Waals surface area contributed by atoms with Crippen molar-refractivity contribution < 1.29 is 9.59 Å². The topological polar surface area (TPSA) is 84.3 Å². The molecule has 1 N–H and O–H groups in total. The van der Waals surface area contributed by atoms with E-state index in [9.17, 15) is 14.4 Å². The Kier molecular flexibility index (Phi) is 6.93. The van der Waals surface area contributed by atoms with E-state index >= 15 is 0 Å². The highest BCUT2D eigenvalue weighted by Gasteiger charge is 2.29. The molecule has 0 bridgehead atoms. The highest BCUT2D eigenvalue weighted by molar-refractivity contribution is 5.79. The Morgan fingerprint density at radius 1 is 0.886 bits per heavy atom. The standard InChI is InChI=1S/C28H32N4O3/c33-26(14-10-20-6-2-1-3-7-20)29-21-16-18-31(19-17-21)27(34)15-13-25-30-24-9-5-4-8-23(24)28(35)32(25)22-11-12-22/h1-9,21-22H,10-19H2,(H,29,33). The number of rotatable bonds is 8. The molecule has 35 heavy (non-hydrogen) atoms. The van der Waals surface area contributed by atoms with Crippen LogP contribution in [0.2, 0.25) is 0 Å². The molecule has 2 amide bonds. The first-order chi connectivity index (χ1) is 17.1. The zero-order valence-corrected chi connectivity index (χ0v) is 20.0. The normalized spacial score (nSPS) is 16.4. The summed E-state index contributed by atoms with van der Waals surface area (Å²) >= 11 is 0. The second-order valence-corrected chi connectivity index (χ2v) is 9.66. The summed E-state index contributed by atoms with van der Waals surface area (Å²) in [5.41, 5.74) is 1.86. The highest BCUT2D eigenvalue weighted by Crippen LogP contribution is 2.35. The molecule has 1 aliphatic carbocycles. The number of fused-ring (bicyclic) bond motifs is 1. The number of piperidine rings is 1. The van der Waals surface area contributed by atoms with Gasteiger partial charge in [0.1, 0.15) is 5.82 Å². The van der Waals surface area contributed by atoms with Gasteiger partial charge in [-0.1, -0.05) is 42.5 Å². The smallest absolute Gasteiger partial charge is 0.261 e. The first-order valence-electron chi connectivity index (χ1n) is 12.7. The Hall–Kier alpha value is -3.48. The predicted octanol–water partition coefficient (Wildman–Crippen LogP) is 3.40. The number of nitrogens with zero attached hydrogens (tertiary/aromatic N) is 3. The molecule has 1 saturated heterocycles. The maximum atomic E-state index is 13.0. The monoisotopic (exact) mass is 472 g/mol. The van der Waals surface area contributed by atoms with Crippen molar-refractivity contribution in [2.75, 3.05) is 13.1 Å². The number of carbonyl (C=O) groups is 2. The maximum absolute atomic E-state index is 13.0. The van der Waals surface area contributed by atoms with Crippen LogP contribution in [-0.2, 0) is 22.4 Å². The Bertz CT molecular complexity index is 1260. The Morgan fingerprint density at radius 3 is 2.34 bits per heavy atom. The lowest BCUT2D eigenvalue weighted by atomic mass is 10.0. The van der Waals surface area contributed by atoms with Crippen LogP contribution >= 0.6 is 0 Å².